The van der Waals surface area contributed by atoms with Gasteiger partial charge in [0.25, 0.3) is 0 Å². The average Bonchev–Trinajstić information content (AvgIpc) is 2.04. The molecule has 68 valence electrons. The number of halogens is 1. The maximum absolute atomic E-state index is 5.87. The van der Waals surface area contributed by atoms with Gasteiger partial charge in [0.2, 0.25) is 0 Å². The molecule has 3 heteroatoms. The Morgan fingerprint density at radius 3 is 2.73 bits per heavy atom. The summed E-state index contributed by atoms with van der Waals surface area (Å²) >= 11 is 5.87. The minimum absolute atomic E-state index is 0.261. The molecule has 0 amide bonds. The van der Waals surface area contributed by atoms with E-state index in [1.807, 2.05) is 6.92 Å². The molecule has 0 bridgehead atoms. The number of hydrogen-bond donors (Lipinski definition) is 1. The van der Waals surface area contributed by atoms with Crippen LogP contribution in [0.3, 0.4) is 0 Å². The molecule has 1 unspecified atom stereocenters. The van der Waals surface area contributed by atoms with E-state index in [1.54, 1.807) is 0 Å². The van der Waals surface area contributed by atoms with Crippen LogP contribution < -0.4 is 5.32 Å². The van der Waals surface area contributed by atoms with Gasteiger partial charge < -0.3 is 10.1 Å². The Morgan fingerprint density at radius 2 is 2.18 bits per heavy atom. The molecule has 0 aliphatic rings. The van der Waals surface area contributed by atoms with Crippen LogP contribution in [0.2, 0.25) is 0 Å². The van der Waals surface area contributed by atoms with E-state index in [4.69, 9.17) is 16.3 Å². The molecule has 2 nitrogen and oxygen atoms in total. The number of ether oxygens (including phenoxy) is 1. The number of alkyl halides is 1. The van der Waals surface area contributed by atoms with Crippen molar-refractivity contribution in [2.75, 3.05) is 26.3 Å². The van der Waals surface area contributed by atoms with E-state index in [0.717, 1.165) is 32.7 Å². The van der Waals surface area contributed by atoms with Crippen LogP contribution in [0, 0.1) is 0 Å². The lowest BCUT2D eigenvalue weighted by atomic mass is 10.3. The van der Waals surface area contributed by atoms with Gasteiger partial charge in [0.15, 0.2) is 0 Å². The zero-order valence-corrected chi connectivity index (χ0v) is 8.16. The molecule has 0 aliphatic heterocycles. The Hall–Kier alpha value is 0.210. The molecule has 0 aliphatic carbocycles. The molecular formula is C8H18ClNO. The van der Waals surface area contributed by atoms with Gasteiger partial charge in [0, 0.05) is 25.1 Å². The van der Waals surface area contributed by atoms with Gasteiger partial charge in [-0.3, -0.25) is 0 Å². The van der Waals surface area contributed by atoms with Gasteiger partial charge in [-0.2, -0.15) is 0 Å². The smallest absolute Gasteiger partial charge is 0.0590 e. The Kier molecular flexibility index (Phi) is 8.47. The zero-order valence-electron chi connectivity index (χ0n) is 7.40. The molecule has 11 heavy (non-hydrogen) atoms. The molecule has 0 aromatic rings. The van der Waals surface area contributed by atoms with Crippen LogP contribution in [0.25, 0.3) is 0 Å². The summed E-state index contributed by atoms with van der Waals surface area (Å²) in [6, 6.07) is 0. The maximum Gasteiger partial charge on any atom is 0.0590 e. The van der Waals surface area contributed by atoms with Gasteiger partial charge in [0.05, 0.1) is 6.61 Å². The largest absolute Gasteiger partial charge is 0.380 e. The van der Waals surface area contributed by atoms with Crippen molar-refractivity contribution in [3.8, 4) is 0 Å². The third kappa shape index (κ3) is 8.11. The van der Waals surface area contributed by atoms with Crippen LogP contribution in [0.5, 0.6) is 0 Å². The lowest BCUT2D eigenvalue weighted by Gasteiger charge is -2.07. The van der Waals surface area contributed by atoms with E-state index in [-0.39, 0.29) is 5.38 Å². The van der Waals surface area contributed by atoms with Crippen LogP contribution in [0.15, 0.2) is 0 Å². The first-order valence-electron chi connectivity index (χ1n) is 4.23. The molecule has 0 rings (SSSR count). The van der Waals surface area contributed by atoms with Crippen LogP contribution in [-0.2, 0) is 4.74 Å². The predicted octanol–water partition coefficient (Wildman–Crippen LogP) is 1.63. The van der Waals surface area contributed by atoms with Crippen molar-refractivity contribution in [2.24, 2.45) is 0 Å². The SMILES string of the molecule is CCOCCNCC(Cl)CC. The molecule has 0 radical (unpaired) electrons. The maximum atomic E-state index is 5.87. The molecule has 0 spiro atoms. The highest BCUT2D eigenvalue weighted by Crippen LogP contribution is 1.97. The summed E-state index contributed by atoms with van der Waals surface area (Å²) in [5, 5.41) is 3.47. The Balaban J connectivity index is 2.89. The summed E-state index contributed by atoms with van der Waals surface area (Å²) in [4.78, 5) is 0. The van der Waals surface area contributed by atoms with Gasteiger partial charge in [0.1, 0.15) is 0 Å². The second-order valence-electron chi connectivity index (χ2n) is 2.41. The van der Waals surface area contributed by atoms with Gasteiger partial charge in [-0.1, -0.05) is 6.92 Å². The summed E-state index contributed by atoms with van der Waals surface area (Å²) in [6.07, 6.45) is 1.02. The second-order valence-corrected chi connectivity index (χ2v) is 3.02. The highest BCUT2D eigenvalue weighted by atomic mass is 35.5. The molecule has 0 aromatic carbocycles. The van der Waals surface area contributed by atoms with E-state index >= 15 is 0 Å². The number of nitrogens with one attached hydrogen (secondary N) is 1. The Morgan fingerprint density at radius 1 is 1.45 bits per heavy atom. The van der Waals surface area contributed by atoms with Gasteiger partial charge in [-0.25, -0.2) is 0 Å². The van der Waals surface area contributed by atoms with Crippen LogP contribution in [0.1, 0.15) is 20.3 Å². The minimum atomic E-state index is 0.261. The van der Waals surface area contributed by atoms with Crippen molar-refractivity contribution >= 4 is 11.6 Å². The normalized spacial score (nSPS) is 13.4. The summed E-state index contributed by atoms with van der Waals surface area (Å²) in [7, 11) is 0. The molecular weight excluding hydrogens is 162 g/mol. The minimum Gasteiger partial charge on any atom is -0.380 e. The van der Waals surface area contributed by atoms with Gasteiger partial charge >= 0.3 is 0 Å². The molecule has 0 fully saturated rings. The third-order valence-electron chi connectivity index (χ3n) is 1.44. The van der Waals surface area contributed by atoms with E-state index < -0.39 is 0 Å². The standard InChI is InChI=1S/C8H18ClNO/c1-3-8(9)7-10-5-6-11-4-2/h8,10H,3-7H2,1-2H3. The van der Waals surface area contributed by atoms with E-state index in [2.05, 4.69) is 12.2 Å². The van der Waals surface area contributed by atoms with Crippen molar-refractivity contribution in [3.05, 3.63) is 0 Å². The fourth-order valence-corrected chi connectivity index (χ4v) is 0.801. The molecule has 0 saturated heterocycles. The molecule has 0 saturated carbocycles. The summed E-state index contributed by atoms with van der Waals surface area (Å²) in [6.45, 7) is 7.43. The van der Waals surface area contributed by atoms with E-state index in [9.17, 15) is 0 Å². The number of rotatable bonds is 7. The van der Waals surface area contributed by atoms with Gasteiger partial charge in [-0.15, -0.1) is 11.6 Å². The van der Waals surface area contributed by atoms with Crippen LogP contribution in [-0.4, -0.2) is 31.7 Å². The third-order valence-corrected chi connectivity index (χ3v) is 1.90. The van der Waals surface area contributed by atoms with Gasteiger partial charge in [-0.05, 0) is 13.3 Å². The first-order valence-corrected chi connectivity index (χ1v) is 4.67. The highest BCUT2D eigenvalue weighted by molar-refractivity contribution is 6.20. The number of hydrogen-bond acceptors (Lipinski definition) is 2. The van der Waals surface area contributed by atoms with Crippen molar-refractivity contribution < 1.29 is 4.74 Å². The summed E-state index contributed by atoms with van der Waals surface area (Å²) in [5.74, 6) is 0. The Labute approximate surface area is 74.3 Å². The predicted molar refractivity (Wildman–Crippen MR) is 49.3 cm³/mol. The van der Waals surface area contributed by atoms with Crippen molar-refractivity contribution in [1.82, 2.24) is 5.32 Å². The first-order chi connectivity index (χ1) is 5.31. The first kappa shape index (κ1) is 11.2. The molecule has 0 heterocycles. The monoisotopic (exact) mass is 179 g/mol. The average molecular weight is 180 g/mol. The van der Waals surface area contributed by atoms with Crippen molar-refractivity contribution in [2.45, 2.75) is 25.6 Å². The zero-order chi connectivity index (χ0) is 8.53. The summed E-state index contributed by atoms with van der Waals surface area (Å²) in [5.41, 5.74) is 0. The quantitative estimate of drug-likeness (QED) is 0.474. The van der Waals surface area contributed by atoms with Crippen LogP contribution in [0.4, 0.5) is 0 Å². The van der Waals surface area contributed by atoms with E-state index in [1.165, 1.54) is 0 Å². The highest BCUT2D eigenvalue weighted by Gasteiger charge is 1.98. The lowest BCUT2D eigenvalue weighted by molar-refractivity contribution is 0.149. The molecule has 0 aromatic heterocycles. The topological polar surface area (TPSA) is 21.3 Å². The van der Waals surface area contributed by atoms with E-state index in [0.29, 0.717) is 0 Å². The lowest BCUT2D eigenvalue weighted by Crippen LogP contribution is -2.26. The molecule has 1 atom stereocenters. The van der Waals surface area contributed by atoms with Crippen LogP contribution >= 0.6 is 11.6 Å². The Bertz CT molecular complexity index is 80.5. The van der Waals surface area contributed by atoms with Crippen molar-refractivity contribution in [3.63, 3.8) is 0 Å². The fourth-order valence-electron chi connectivity index (χ4n) is 0.692. The summed E-state index contributed by atoms with van der Waals surface area (Å²) < 4.78 is 5.14. The second kappa shape index (κ2) is 8.31. The molecule has 1 N–H and O–H groups in total. The fraction of sp³-hybridized carbons (Fsp3) is 1.00. The van der Waals surface area contributed by atoms with Crippen molar-refractivity contribution in [1.29, 1.82) is 0 Å².